The lowest BCUT2D eigenvalue weighted by molar-refractivity contribution is 0.0168. The van der Waals surface area contributed by atoms with Crippen molar-refractivity contribution in [3.05, 3.63) is 0 Å². The van der Waals surface area contributed by atoms with E-state index in [0.717, 1.165) is 19.4 Å². The fourth-order valence-corrected chi connectivity index (χ4v) is 2.85. The molecule has 1 saturated heterocycles. The molecule has 0 aromatic heterocycles. The van der Waals surface area contributed by atoms with Crippen LogP contribution in [0.1, 0.15) is 54.4 Å². The van der Waals surface area contributed by atoms with Gasteiger partial charge in [-0.3, -0.25) is 4.99 Å². The maximum Gasteiger partial charge on any atom is 0.410 e. The Labute approximate surface area is 198 Å². The molecule has 1 unspecified atom stereocenters. The fraction of sp³-hybridized carbons (Fsp3) is 0.850. The molecule has 9 nitrogen and oxygen atoms in total. The third kappa shape index (κ3) is 13.0. The largest absolute Gasteiger partial charge is 0.444 e. The SMILES string of the molecule is CN=C(NCCNC(=O)OC(C)(C)C)NCC1CCCN(C(=O)OC(C)(C)C)C1.I. The molecule has 1 rings (SSSR count). The van der Waals surface area contributed by atoms with Crippen molar-refractivity contribution in [3.8, 4) is 0 Å². The smallest absolute Gasteiger partial charge is 0.410 e. The molecule has 0 bridgehead atoms. The molecule has 0 saturated carbocycles. The summed E-state index contributed by atoms with van der Waals surface area (Å²) in [7, 11) is 1.70. The van der Waals surface area contributed by atoms with Gasteiger partial charge in [0.25, 0.3) is 0 Å². The zero-order valence-corrected chi connectivity index (χ0v) is 21.8. The van der Waals surface area contributed by atoms with Crippen LogP contribution < -0.4 is 16.0 Å². The number of halogens is 1. The second-order valence-corrected chi connectivity index (χ2v) is 9.24. The van der Waals surface area contributed by atoms with E-state index in [1.165, 1.54) is 0 Å². The second kappa shape index (κ2) is 13.1. The molecule has 1 aliphatic rings. The van der Waals surface area contributed by atoms with Crippen LogP contribution in [0.4, 0.5) is 9.59 Å². The minimum Gasteiger partial charge on any atom is -0.444 e. The maximum atomic E-state index is 12.3. The molecule has 0 aromatic carbocycles. The summed E-state index contributed by atoms with van der Waals surface area (Å²) in [5, 5.41) is 9.14. The highest BCUT2D eigenvalue weighted by Crippen LogP contribution is 2.18. The van der Waals surface area contributed by atoms with Crippen LogP contribution in [0.5, 0.6) is 0 Å². The van der Waals surface area contributed by atoms with E-state index in [-0.39, 0.29) is 30.1 Å². The van der Waals surface area contributed by atoms with Gasteiger partial charge in [-0.25, -0.2) is 9.59 Å². The lowest BCUT2D eigenvalue weighted by atomic mass is 9.98. The van der Waals surface area contributed by atoms with Crippen molar-refractivity contribution in [2.24, 2.45) is 10.9 Å². The number of carbonyl (C=O) groups excluding carboxylic acids is 2. The Morgan fingerprint density at radius 2 is 1.60 bits per heavy atom. The van der Waals surface area contributed by atoms with Crippen LogP contribution in [-0.4, -0.2) is 74.0 Å². The molecule has 30 heavy (non-hydrogen) atoms. The number of aliphatic imine (C=N–C) groups is 1. The third-order valence-corrected chi connectivity index (χ3v) is 4.04. The molecular formula is C20H40IN5O4. The number of nitrogens with one attached hydrogen (secondary N) is 3. The summed E-state index contributed by atoms with van der Waals surface area (Å²) in [4.78, 5) is 29.9. The monoisotopic (exact) mass is 541 g/mol. The molecule has 10 heteroatoms. The summed E-state index contributed by atoms with van der Waals surface area (Å²) in [6, 6.07) is 0. The standard InChI is InChI=1S/C20H39N5O4.HI/c1-19(2,3)28-17(26)23-11-10-22-16(21-7)24-13-15-9-8-12-25(14-15)18(27)29-20(4,5)6;/h15H,8-14H2,1-7H3,(H,23,26)(H2,21,22,24);1H. The van der Waals surface area contributed by atoms with Crippen molar-refractivity contribution in [2.75, 3.05) is 39.8 Å². The Morgan fingerprint density at radius 3 is 2.17 bits per heavy atom. The Balaban J connectivity index is 0.00000841. The molecule has 0 radical (unpaired) electrons. The van der Waals surface area contributed by atoms with Crippen LogP contribution in [0.3, 0.4) is 0 Å². The van der Waals surface area contributed by atoms with Crippen molar-refractivity contribution < 1.29 is 19.1 Å². The van der Waals surface area contributed by atoms with E-state index in [2.05, 4.69) is 20.9 Å². The Morgan fingerprint density at radius 1 is 1.00 bits per heavy atom. The number of guanidine groups is 1. The van der Waals surface area contributed by atoms with Gasteiger partial charge in [0.2, 0.25) is 0 Å². The summed E-state index contributed by atoms with van der Waals surface area (Å²) in [6.45, 7) is 14.2. The highest BCUT2D eigenvalue weighted by atomic mass is 127. The van der Waals surface area contributed by atoms with E-state index in [1.807, 2.05) is 41.5 Å². The average molecular weight is 541 g/mol. The molecule has 1 aliphatic heterocycles. The van der Waals surface area contributed by atoms with Crippen LogP contribution in [0.15, 0.2) is 4.99 Å². The molecule has 0 aromatic rings. The highest BCUT2D eigenvalue weighted by molar-refractivity contribution is 14.0. The minimum absolute atomic E-state index is 0. The number of alkyl carbamates (subject to hydrolysis) is 1. The first kappa shape index (κ1) is 28.5. The molecule has 0 spiro atoms. The van der Waals surface area contributed by atoms with Gasteiger partial charge in [-0.15, -0.1) is 24.0 Å². The van der Waals surface area contributed by atoms with Crippen molar-refractivity contribution in [2.45, 2.75) is 65.6 Å². The van der Waals surface area contributed by atoms with Gasteiger partial charge in [0.05, 0.1) is 0 Å². The van der Waals surface area contributed by atoms with Crippen molar-refractivity contribution in [3.63, 3.8) is 0 Å². The number of hydrogen-bond acceptors (Lipinski definition) is 5. The summed E-state index contributed by atoms with van der Waals surface area (Å²) in [6.07, 6.45) is 1.31. The molecule has 3 N–H and O–H groups in total. The Bertz CT molecular complexity index is 573. The number of hydrogen-bond donors (Lipinski definition) is 3. The van der Waals surface area contributed by atoms with Gasteiger partial charge in [-0.1, -0.05) is 0 Å². The number of ether oxygens (including phenoxy) is 2. The average Bonchev–Trinajstić information content (AvgIpc) is 2.58. The molecule has 1 heterocycles. The van der Waals surface area contributed by atoms with E-state index >= 15 is 0 Å². The molecule has 176 valence electrons. The summed E-state index contributed by atoms with van der Waals surface area (Å²) < 4.78 is 10.7. The van der Waals surface area contributed by atoms with Gasteiger partial charge in [-0.05, 0) is 60.3 Å². The number of carbonyl (C=O) groups is 2. The first-order valence-corrected chi connectivity index (χ1v) is 10.3. The molecular weight excluding hydrogens is 501 g/mol. The number of amides is 2. The second-order valence-electron chi connectivity index (χ2n) is 9.24. The number of nitrogens with zero attached hydrogens (tertiary/aromatic N) is 2. The first-order valence-electron chi connectivity index (χ1n) is 10.3. The predicted molar refractivity (Wildman–Crippen MR) is 130 cm³/mol. The number of likely N-dealkylation sites (tertiary alicyclic amines) is 1. The molecule has 1 fully saturated rings. The van der Waals surface area contributed by atoms with Crippen LogP contribution in [0.25, 0.3) is 0 Å². The highest BCUT2D eigenvalue weighted by Gasteiger charge is 2.27. The fourth-order valence-electron chi connectivity index (χ4n) is 2.85. The summed E-state index contributed by atoms with van der Waals surface area (Å²) >= 11 is 0. The third-order valence-electron chi connectivity index (χ3n) is 4.04. The van der Waals surface area contributed by atoms with Crippen molar-refractivity contribution in [1.29, 1.82) is 0 Å². The Hall–Kier alpha value is -1.46. The minimum atomic E-state index is -0.512. The van der Waals surface area contributed by atoms with E-state index in [1.54, 1.807) is 11.9 Å². The quantitative estimate of drug-likeness (QED) is 0.214. The Kier molecular flexibility index (Phi) is 12.4. The van der Waals surface area contributed by atoms with Gasteiger partial charge >= 0.3 is 12.2 Å². The van der Waals surface area contributed by atoms with Crippen LogP contribution in [-0.2, 0) is 9.47 Å². The van der Waals surface area contributed by atoms with Crippen LogP contribution in [0.2, 0.25) is 0 Å². The lowest BCUT2D eigenvalue weighted by Crippen LogP contribution is -2.48. The van der Waals surface area contributed by atoms with Crippen molar-refractivity contribution in [1.82, 2.24) is 20.9 Å². The molecule has 2 amide bonds. The van der Waals surface area contributed by atoms with E-state index in [9.17, 15) is 9.59 Å². The number of rotatable bonds is 5. The maximum absolute atomic E-state index is 12.3. The first-order chi connectivity index (χ1) is 13.4. The zero-order valence-electron chi connectivity index (χ0n) is 19.5. The van der Waals surface area contributed by atoms with Gasteiger partial charge in [0.1, 0.15) is 11.2 Å². The van der Waals surface area contributed by atoms with Crippen LogP contribution >= 0.6 is 24.0 Å². The predicted octanol–water partition coefficient (Wildman–Crippen LogP) is 2.94. The summed E-state index contributed by atoms with van der Waals surface area (Å²) in [5.74, 6) is 0.986. The molecule has 1 atom stereocenters. The van der Waals surface area contributed by atoms with Crippen molar-refractivity contribution >= 4 is 42.1 Å². The van der Waals surface area contributed by atoms with Gasteiger partial charge in [0.15, 0.2) is 5.96 Å². The topological polar surface area (TPSA) is 104 Å². The van der Waals surface area contributed by atoms with E-state index in [0.29, 0.717) is 38.1 Å². The van der Waals surface area contributed by atoms with E-state index in [4.69, 9.17) is 9.47 Å². The van der Waals surface area contributed by atoms with Gasteiger partial charge in [0, 0.05) is 39.8 Å². The number of piperidine rings is 1. The summed E-state index contributed by atoms with van der Waals surface area (Å²) in [5.41, 5.74) is -0.996. The van der Waals surface area contributed by atoms with Crippen LogP contribution in [0, 0.1) is 5.92 Å². The van der Waals surface area contributed by atoms with Gasteiger partial charge in [-0.2, -0.15) is 0 Å². The molecule has 0 aliphatic carbocycles. The van der Waals surface area contributed by atoms with Gasteiger partial charge < -0.3 is 30.3 Å². The normalized spacial score (nSPS) is 17.5. The van der Waals surface area contributed by atoms with E-state index < -0.39 is 17.3 Å². The lowest BCUT2D eigenvalue weighted by Gasteiger charge is -2.34. The zero-order chi connectivity index (χ0) is 22.1.